The van der Waals surface area contributed by atoms with E-state index in [0.29, 0.717) is 6.04 Å². The van der Waals surface area contributed by atoms with E-state index in [1.165, 1.54) is 50.9 Å². The first-order chi connectivity index (χ1) is 8.79. The zero-order valence-electron chi connectivity index (χ0n) is 11.7. The zero-order chi connectivity index (χ0) is 12.8. The summed E-state index contributed by atoms with van der Waals surface area (Å²) in [5.74, 6) is 0. The third-order valence-corrected chi connectivity index (χ3v) is 4.71. The molecule has 1 fully saturated rings. The Labute approximate surface area is 115 Å². The molecule has 1 aromatic rings. The Hall–Kier alpha value is -0.380. The molecule has 0 aromatic carbocycles. The number of hydrogen-bond donors (Lipinski definition) is 1. The minimum absolute atomic E-state index is 0.697. The molecule has 2 atom stereocenters. The van der Waals surface area contributed by atoms with Crippen molar-refractivity contribution in [1.29, 1.82) is 0 Å². The van der Waals surface area contributed by atoms with Gasteiger partial charge < -0.3 is 5.32 Å². The van der Waals surface area contributed by atoms with Crippen LogP contribution in [-0.4, -0.2) is 36.6 Å². The SMILES string of the molecule is CCCC1CN(CCc2ccsc2)C(C)CCN1. The predicted molar refractivity (Wildman–Crippen MR) is 80.4 cm³/mol. The van der Waals surface area contributed by atoms with Gasteiger partial charge in [-0.15, -0.1) is 0 Å². The fraction of sp³-hybridized carbons (Fsp3) is 0.733. The molecule has 102 valence electrons. The Bertz CT molecular complexity index is 323. The maximum atomic E-state index is 3.70. The predicted octanol–water partition coefficient (Wildman–Crippen LogP) is 3.14. The first-order valence-corrected chi connectivity index (χ1v) is 8.22. The minimum atomic E-state index is 0.697. The first kappa shape index (κ1) is 14.0. The first-order valence-electron chi connectivity index (χ1n) is 7.28. The molecule has 0 radical (unpaired) electrons. The second-order valence-electron chi connectivity index (χ2n) is 5.45. The van der Waals surface area contributed by atoms with Crippen LogP contribution >= 0.6 is 11.3 Å². The van der Waals surface area contributed by atoms with E-state index in [0.717, 1.165) is 6.04 Å². The molecule has 1 aliphatic heterocycles. The summed E-state index contributed by atoms with van der Waals surface area (Å²) in [5, 5.41) is 8.16. The van der Waals surface area contributed by atoms with Crippen molar-refractivity contribution in [2.24, 2.45) is 0 Å². The summed E-state index contributed by atoms with van der Waals surface area (Å²) in [7, 11) is 0. The Morgan fingerprint density at radius 2 is 2.39 bits per heavy atom. The lowest BCUT2D eigenvalue weighted by molar-refractivity contribution is 0.204. The van der Waals surface area contributed by atoms with Crippen LogP contribution in [0, 0.1) is 0 Å². The Balaban J connectivity index is 1.86. The molecule has 2 unspecified atom stereocenters. The number of nitrogens with zero attached hydrogens (tertiary/aromatic N) is 1. The molecule has 2 rings (SSSR count). The summed E-state index contributed by atoms with van der Waals surface area (Å²) >= 11 is 1.81. The summed E-state index contributed by atoms with van der Waals surface area (Å²) in [6.45, 7) is 8.27. The largest absolute Gasteiger partial charge is 0.313 e. The number of thiophene rings is 1. The van der Waals surface area contributed by atoms with Crippen LogP contribution in [-0.2, 0) is 6.42 Å². The second-order valence-corrected chi connectivity index (χ2v) is 6.23. The molecule has 2 nitrogen and oxygen atoms in total. The monoisotopic (exact) mass is 266 g/mol. The van der Waals surface area contributed by atoms with Crippen LogP contribution in [0.25, 0.3) is 0 Å². The second kappa shape index (κ2) is 7.27. The fourth-order valence-electron chi connectivity index (χ4n) is 2.77. The van der Waals surface area contributed by atoms with E-state index < -0.39 is 0 Å². The van der Waals surface area contributed by atoms with Crippen molar-refractivity contribution in [3.63, 3.8) is 0 Å². The van der Waals surface area contributed by atoms with E-state index >= 15 is 0 Å². The summed E-state index contributed by atoms with van der Waals surface area (Å²) in [6.07, 6.45) is 5.07. The number of hydrogen-bond acceptors (Lipinski definition) is 3. The molecule has 1 saturated heterocycles. The molecule has 0 amide bonds. The summed E-state index contributed by atoms with van der Waals surface area (Å²) < 4.78 is 0. The van der Waals surface area contributed by atoms with Crippen molar-refractivity contribution < 1.29 is 0 Å². The highest BCUT2D eigenvalue weighted by Crippen LogP contribution is 2.14. The molecule has 0 spiro atoms. The van der Waals surface area contributed by atoms with Crippen molar-refractivity contribution in [3.8, 4) is 0 Å². The third kappa shape index (κ3) is 4.08. The maximum Gasteiger partial charge on any atom is 0.0195 e. The molecule has 2 heterocycles. The van der Waals surface area contributed by atoms with Crippen LogP contribution in [0.15, 0.2) is 16.8 Å². The van der Waals surface area contributed by atoms with Crippen molar-refractivity contribution in [1.82, 2.24) is 10.2 Å². The standard InChI is InChI=1S/C15H26N2S/c1-3-4-15-11-17(13(2)5-8-16-15)9-6-14-7-10-18-12-14/h7,10,12-13,15-16H,3-6,8-9,11H2,1-2H3. The van der Waals surface area contributed by atoms with Crippen LogP contribution < -0.4 is 5.32 Å². The topological polar surface area (TPSA) is 15.3 Å². The highest BCUT2D eigenvalue weighted by atomic mass is 32.1. The van der Waals surface area contributed by atoms with Gasteiger partial charge in [-0.2, -0.15) is 11.3 Å². The molecular weight excluding hydrogens is 240 g/mol. The average molecular weight is 266 g/mol. The van der Waals surface area contributed by atoms with E-state index in [1.807, 2.05) is 11.3 Å². The molecule has 0 saturated carbocycles. The van der Waals surface area contributed by atoms with Gasteiger partial charge in [0, 0.05) is 25.2 Å². The molecule has 18 heavy (non-hydrogen) atoms. The lowest BCUT2D eigenvalue weighted by Gasteiger charge is -2.28. The number of nitrogens with one attached hydrogen (secondary N) is 1. The van der Waals surface area contributed by atoms with Gasteiger partial charge in [-0.1, -0.05) is 13.3 Å². The van der Waals surface area contributed by atoms with E-state index in [9.17, 15) is 0 Å². The zero-order valence-corrected chi connectivity index (χ0v) is 12.5. The van der Waals surface area contributed by atoms with Crippen LogP contribution in [0.4, 0.5) is 0 Å². The Kier molecular flexibility index (Phi) is 5.67. The van der Waals surface area contributed by atoms with Gasteiger partial charge in [-0.3, -0.25) is 4.90 Å². The third-order valence-electron chi connectivity index (χ3n) is 3.98. The molecule has 1 aromatic heterocycles. The molecule has 1 N–H and O–H groups in total. The van der Waals surface area contributed by atoms with Gasteiger partial charge in [-0.25, -0.2) is 0 Å². The lowest BCUT2D eigenvalue weighted by Crippen LogP contribution is -2.41. The van der Waals surface area contributed by atoms with Gasteiger partial charge in [0.2, 0.25) is 0 Å². The van der Waals surface area contributed by atoms with Crippen molar-refractivity contribution in [2.45, 2.75) is 51.6 Å². The van der Waals surface area contributed by atoms with Gasteiger partial charge in [0.15, 0.2) is 0 Å². The van der Waals surface area contributed by atoms with Gasteiger partial charge in [0.05, 0.1) is 0 Å². The maximum absolute atomic E-state index is 3.70. The van der Waals surface area contributed by atoms with Gasteiger partial charge in [-0.05, 0) is 55.1 Å². The van der Waals surface area contributed by atoms with Gasteiger partial charge in [0.25, 0.3) is 0 Å². The minimum Gasteiger partial charge on any atom is -0.313 e. The van der Waals surface area contributed by atoms with Crippen molar-refractivity contribution in [2.75, 3.05) is 19.6 Å². The molecule has 3 heteroatoms. The summed E-state index contributed by atoms with van der Waals surface area (Å²) in [5.41, 5.74) is 1.50. The van der Waals surface area contributed by atoms with E-state index in [1.54, 1.807) is 0 Å². The summed E-state index contributed by atoms with van der Waals surface area (Å²) in [6, 6.07) is 3.68. The van der Waals surface area contributed by atoms with Crippen LogP contribution in [0.1, 0.15) is 38.7 Å². The highest BCUT2D eigenvalue weighted by molar-refractivity contribution is 7.07. The van der Waals surface area contributed by atoms with Crippen LogP contribution in [0.5, 0.6) is 0 Å². The Morgan fingerprint density at radius 3 is 3.11 bits per heavy atom. The smallest absolute Gasteiger partial charge is 0.0195 e. The van der Waals surface area contributed by atoms with E-state index in [4.69, 9.17) is 0 Å². The molecule has 1 aliphatic rings. The van der Waals surface area contributed by atoms with Crippen LogP contribution in [0.3, 0.4) is 0 Å². The fourth-order valence-corrected chi connectivity index (χ4v) is 3.47. The normalized spacial score (nSPS) is 26.1. The molecule has 0 aliphatic carbocycles. The lowest BCUT2D eigenvalue weighted by atomic mass is 10.1. The number of rotatable bonds is 5. The highest BCUT2D eigenvalue weighted by Gasteiger charge is 2.21. The van der Waals surface area contributed by atoms with Crippen molar-refractivity contribution in [3.05, 3.63) is 22.4 Å². The molecular formula is C15H26N2S. The van der Waals surface area contributed by atoms with E-state index in [-0.39, 0.29) is 0 Å². The van der Waals surface area contributed by atoms with Crippen LogP contribution in [0.2, 0.25) is 0 Å². The van der Waals surface area contributed by atoms with Gasteiger partial charge in [0.1, 0.15) is 0 Å². The molecule has 0 bridgehead atoms. The van der Waals surface area contributed by atoms with Crippen molar-refractivity contribution >= 4 is 11.3 Å². The van der Waals surface area contributed by atoms with E-state index in [2.05, 4.69) is 40.9 Å². The van der Waals surface area contributed by atoms with Gasteiger partial charge >= 0.3 is 0 Å². The Morgan fingerprint density at radius 1 is 1.50 bits per heavy atom. The summed E-state index contributed by atoms with van der Waals surface area (Å²) in [4.78, 5) is 2.68. The average Bonchev–Trinajstić information content (AvgIpc) is 2.81. The quantitative estimate of drug-likeness (QED) is 0.881.